The highest BCUT2D eigenvalue weighted by molar-refractivity contribution is 6.31. The number of benzene rings is 1. The van der Waals surface area contributed by atoms with Crippen LogP contribution < -0.4 is 5.32 Å². The van der Waals surface area contributed by atoms with Crippen molar-refractivity contribution in [1.29, 1.82) is 0 Å². The third-order valence-electron chi connectivity index (χ3n) is 5.33. The van der Waals surface area contributed by atoms with Gasteiger partial charge in [-0.1, -0.05) is 16.8 Å². The monoisotopic (exact) mass is 385 g/mol. The Morgan fingerprint density at radius 2 is 2.26 bits per heavy atom. The molecule has 0 unspecified atom stereocenters. The van der Waals surface area contributed by atoms with E-state index in [0.717, 1.165) is 41.9 Å². The molecule has 3 atom stereocenters. The predicted octanol–water partition coefficient (Wildman–Crippen LogP) is 3.85. The molecule has 5 rings (SSSR count). The predicted molar refractivity (Wildman–Crippen MR) is 99.4 cm³/mol. The second kappa shape index (κ2) is 6.34. The van der Waals surface area contributed by atoms with Crippen LogP contribution in [-0.4, -0.2) is 26.0 Å². The Labute approximate surface area is 160 Å². The molecule has 2 saturated carbocycles. The number of rotatable bonds is 6. The third-order valence-corrected chi connectivity index (χ3v) is 5.57. The van der Waals surface area contributed by atoms with Crippen molar-refractivity contribution in [1.82, 2.24) is 25.4 Å². The number of hydrogen-bond donors (Lipinski definition) is 2. The average Bonchev–Trinajstić information content (AvgIpc) is 3.53. The van der Waals surface area contributed by atoms with E-state index in [-0.39, 0.29) is 11.9 Å². The molecule has 8 heteroatoms. The number of nitrogens with one attached hydrogen (secondary N) is 2. The van der Waals surface area contributed by atoms with Crippen molar-refractivity contribution < 1.29 is 9.32 Å². The number of hydrogen-bond acceptors (Lipinski definition) is 5. The lowest BCUT2D eigenvalue weighted by Gasteiger charge is -2.09. The fraction of sp³-hybridized carbons (Fsp3) is 0.474. The summed E-state index contributed by atoms with van der Waals surface area (Å²) in [6.07, 6.45) is 3.67. The van der Waals surface area contributed by atoms with Gasteiger partial charge in [0, 0.05) is 23.3 Å². The van der Waals surface area contributed by atoms with Crippen LogP contribution in [0.3, 0.4) is 0 Å². The van der Waals surface area contributed by atoms with E-state index in [2.05, 4.69) is 25.4 Å². The summed E-state index contributed by atoms with van der Waals surface area (Å²) >= 11 is 6.02. The zero-order chi connectivity index (χ0) is 18.5. The van der Waals surface area contributed by atoms with Crippen LogP contribution in [0.15, 0.2) is 22.7 Å². The topological polar surface area (TPSA) is 96.7 Å². The van der Waals surface area contributed by atoms with Gasteiger partial charge in [0.25, 0.3) is 0 Å². The smallest absolute Gasteiger partial charge is 0.248 e. The minimum Gasteiger partial charge on any atom is -0.345 e. The van der Waals surface area contributed by atoms with E-state index < -0.39 is 0 Å². The summed E-state index contributed by atoms with van der Waals surface area (Å²) in [6, 6.07) is 5.34. The number of aromatic amines is 1. The number of carbonyl (C=O) groups excluding carboxylic acids is 1. The van der Waals surface area contributed by atoms with Gasteiger partial charge in [-0.2, -0.15) is 4.98 Å². The molecule has 0 aliphatic heterocycles. The molecular weight excluding hydrogens is 366 g/mol. The van der Waals surface area contributed by atoms with E-state index in [9.17, 15) is 4.79 Å². The molecule has 2 aliphatic rings. The van der Waals surface area contributed by atoms with Gasteiger partial charge >= 0.3 is 0 Å². The number of nitrogens with zero attached hydrogens (tertiary/aromatic N) is 3. The molecule has 2 aromatic heterocycles. The first-order chi connectivity index (χ1) is 13.1. The van der Waals surface area contributed by atoms with E-state index in [1.165, 1.54) is 0 Å². The first-order valence-electron chi connectivity index (χ1n) is 9.35. The molecule has 7 nitrogen and oxygen atoms in total. The van der Waals surface area contributed by atoms with E-state index in [0.29, 0.717) is 35.1 Å². The van der Waals surface area contributed by atoms with E-state index in [4.69, 9.17) is 16.1 Å². The molecule has 1 amide bonds. The Balaban J connectivity index is 1.17. The summed E-state index contributed by atoms with van der Waals surface area (Å²) in [4.78, 5) is 24.7. The molecule has 2 N–H and O–H groups in total. The molecule has 2 heterocycles. The molecule has 2 aliphatic carbocycles. The van der Waals surface area contributed by atoms with Crippen LogP contribution in [0.1, 0.15) is 68.0 Å². The van der Waals surface area contributed by atoms with E-state index >= 15 is 0 Å². The SMILES string of the molecule is C[C@@H](NC(=O)C[C@@H]1C[C@H]1c1nc2ccc(Cl)cc2[nH]1)c1nc(C2CC2)no1. The van der Waals surface area contributed by atoms with Gasteiger partial charge in [-0.05, 0) is 50.3 Å². The molecule has 0 bridgehead atoms. The highest BCUT2D eigenvalue weighted by Gasteiger charge is 2.42. The van der Waals surface area contributed by atoms with Crippen LogP contribution in [0.4, 0.5) is 0 Å². The molecule has 27 heavy (non-hydrogen) atoms. The zero-order valence-electron chi connectivity index (χ0n) is 14.9. The van der Waals surface area contributed by atoms with E-state index in [1.54, 1.807) is 0 Å². The molecule has 0 spiro atoms. The second-order valence-electron chi connectivity index (χ2n) is 7.64. The van der Waals surface area contributed by atoms with Crippen LogP contribution in [0.2, 0.25) is 5.02 Å². The van der Waals surface area contributed by atoms with Gasteiger partial charge in [-0.25, -0.2) is 4.98 Å². The van der Waals surface area contributed by atoms with Crippen LogP contribution in [0.25, 0.3) is 11.0 Å². The van der Waals surface area contributed by atoms with Crippen molar-refractivity contribution in [2.24, 2.45) is 5.92 Å². The summed E-state index contributed by atoms with van der Waals surface area (Å²) in [5.74, 6) is 3.21. The number of amides is 1. The molecule has 0 saturated heterocycles. The first kappa shape index (κ1) is 16.7. The average molecular weight is 386 g/mol. The van der Waals surface area contributed by atoms with Crippen molar-refractivity contribution in [3.63, 3.8) is 0 Å². The normalized spacial score (nSPS) is 22.7. The number of halogens is 1. The van der Waals surface area contributed by atoms with Gasteiger partial charge < -0.3 is 14.8 Å². The van der Waals surface area contributed by atoms with Crippen molar-refractivity contribution in [3.8, 4) is 0 Å². The van der Waals surface area contributed by atoms with Crippen LogP contribution in [0, 0.1) is 5.92 Å². The molecule has 0 radical (unpaired) electrons. The molecular formula is C19H20ClN5O2. The van der Waals surface area contributed by atoms with Crippen molar-refractivity contribution in [3.05, 3.63) is 40.8 Å². The minimum absolute atomic E-state index is 0.000303. The Hall–Kier alpha value is -2.41. The lowest BCUT2D eigenvalue weighted by Crippen LogP contribution is -2.27. The lowest BCUT2D eigenvalue weighted by molar-refractivity contribution is -0.122. The Kier molecular flexibility index (Phi) is 3.93. The van der Waals surface area contributed by atoms with Gasteiger partial charge in [0.15, 0.2) is 5.82 Å². The highest BCUT2D eigenvalue weighted by atomic mass is 35.5. The zero-order valence-corrected chi connectivity index (χ0v) is 15.7. The second-order valence-corrected chi connectivity index (χ2v) is 8.08. The fourth-order valence-electron chi connectivity index (χ4n) is 3.52. The number of aromatic nitrogens is 4. The van der Waals surface area contributed by atoms with Crippen molar-refractivity contribution in [2.75, 3.05) is 0 Å². The molecule has 3 aromatic rings. The molecule has 2 fully saturated rings. The number of carbonyl (C=O) groups is 1. The van der Waals surface area contributed by atoms with Gasteiger partial charge in [-0.15, -0.1) is 0 Å². The summed E-state index contributed by atoms with van der Waals surface area (Å²) in [5, 5.41) is 7.65. The van der Waals surface area contributed by atoms with Crippen LogP contribution in [0.5, 0.6) is 0 Å². The summed E-state index contributed by atoms with van der Waals surface area (Å²) < 4.78 is 5.28. The first-order valence-corrected chi connectivity index (χ1v) is 9.72. The maximum absolute atomic E-state index is 12.4. The summed E-state index contributed by atoms with van der Waals surface area (Å²) in [6.45, 7) is 1.87. The largest absolute Gasteiger partial charge is 0.345 e. The minimum atomic E-state index is -0.275. The summed E-state index contributed by atoms with van der Waals surface area (Å²) in [5.41, 5.74) is 1.84. The van der Waals surface area contributed by atoms with Gasteiger partial charge in [0.05, 0.1) is 11.0 Å². The van der Waals surface area contributed by atoms with Crippen molar-refractivity contribution >= 4 is 28.5 Å². The van der Waals surface area contributed by atoms with Crippen molar-refractivity contribution in [2.45, 2.75) is 50.5 Å². The Bertz CT molecular complexity index is 1010. The van der Waals surface area contributed by atoms with Crippen LogP contribution in [-0.2, 0) is 4.79 Å². The quantitative estimate of drug-likeness (QED) is 0.671. The molecule has 1 aromatic carbocycles. The van der Waals surface area contributed by atoms with Gasteiger partial charge in [0.1, 0.15) is 11.9 Å². The van der Waals surface area contributed by atoms with Crippen LogP contribution >= 0.6 is 11.6 Å². The van der Waals surface area contributed by atoms with E-state index in [1.807, 2.05) is 25.1 Å². The maximum Gasteiger partial charge on any atom is 0.248 e. The number of H-pyrrole nitrogens is 1. The Morgan fingerprint density at radius 1 is 1.41 bits per heavy atom. The van der Waals surface area contributed by atoms with Gasteiger partial charge in [-0.3, -0.25) is 4.79 Å². The Morgan fingerprint density at radius 3 is 3.07 bits per heavy atom. The van der Waals surface area contributed by atoms with Gasteiger partial charge in [0.2, 0.25) is 11.8 Å². The highest BCUT2D eigenvalue weighted by Crippen LogP contribution is 2.48. The summed E-state index contributed by atoms with van der Waals surface area (Å²) in [7, 11) is 0. The molecule has 140 valence electrons. The standard InChI is InChI=1S/C19H20ClN5O2/c1-9(19-24-17(25-27-19)10-2-3-10)21-16(26)7-11-6-13(11)18-22-14-5-4-12(20)8-15(14)23-18/h4-5,8-11,13H,2-3,6-7H2,1H3,(H,21,26)(H,22,23)/t9-,11+,13-/m1/s1. The lowest BCUT2D eigenvalue weighted by atomic mass is 10.2. The number of fused-ring (bicyclic) bond motifs is 1. The maximum atomic E-state index is 12.4. The fourth-order valence-corrected chi connectivity index (χ4v) is 3.69. The number of imidazole rings is 1. The third kappa shape index (κ3) is 3.43.